The number of azo groups is 1. The van der Waals surface area contributed by atoms with Crippen LogP contribution in [0.5, 0.6) is 5.75 Å². The van der Waals surface area contributed by atoms with E-state index in [-0.39, 0.29) is 22.3 Å². The van der Waals surface area contributed by atoms with Crippen LogP contribution in [0, 0.1) is 6.08 Å². The number of hydrogen-bond donors (Lipinski definition) is 8. The number of phenolic OH excluding ortho intramolecular Hbond substituents is 1. The number of nitrogens with one attached hydrogen (secondary N) is 3. The van der Waals surface area contributed by atoms with E-state index in [1.165, 1.54) is 48.5 Å². The smallest absolute Gasteiger partial charge is 0.315 e. The summed E-state index contributed by atoms with van der Waals surface area (Å²) in [5.74, 6) is -3.24. The third-order valence-corrected chi connectivity index (χ3v) is 12.3. The van der Waals surface area contributed by atoms with E-state index < -0.39 is 118 Å². The first-order chi connectivity index (χ1) is 29.5. The zero-order valence-electron chi connectivity index (χ0n) is 31.0. The zero-order valence-corrected chi connectivity index (χ0v) is 34.2. The van der Waals surface area contributed by atoms with Gasteiger partial charge < -0.3 is 21.1 Å². The molecule has 324 valence electrons. The first kappa shape index (κ1) is 44.0. The number of amides is 1. The zero-order chi connectivity index (χ0) is 45.6. The molecule has 63 heavy (non-hydrogen) atoms. The van der Waals surface area contributed by atoms with E-state index in [2.05, 4.69) is 41.1 Å². The lowest BCUT2D eigenvalue weighted by Gasteiger charge is -2.15. The minimum Gasteiger partial charge on any atom is -0.505 e. The number of nitrogens with zero attached hydrogens (tertiary/aromatic N) is 5. The largest absolute Gasteiger partial charge is 0.505 e. The highest BCUT2D eigenvalue weighted by atomic mass is 32.2. The van der Waals surface area contributed by atoms with Gasteiger partial charge in [-0.2, -0.15) is 53.0 Å². The van der Waals surface area contributed by atoms with Gasteiger partial charge in [-0.25, -0.2) is 0 Å². The van der Waals surface area contributed by atoms with Gasteiger partial charge in [-0.1, -0.05) is 48.5 Å². The number of halogens is 1. The highest BCUT2D eigenvalue weighted by molar-refractivity contribution is 7.86. The van der Waals surface area contributed by atoms with Crippen molar-refractivity contribution in [3.63, 3.8) is 0 Å². The van der Waals surface area contributed by atoms with E-state index >= 15 is 0 Å². The number of anilines is 5. The molecule has 0 bridgehead atoms. The van der Waals surface area contributed by atoms with E-state index in [1.54, 1.807) is 18.2 Å². The van der Waals surface area contributed by atoms with Gasteiger partial charge in [0.2, 0.25) is 11.9 Å². The fraction of sp³-hybridized carbons (Fsp3) is 0. The fourth-order valence-corrected chi connectivity index (χ4v) is 8.78. The highest BCUT2D eigenvalue weighted by Crippen LogP contribution is 2.46. The molecular weight excluding hydrogens is 916 g/mol. The molecule has 0 saturated heterocycles. The average molecular weight is 941 g/mol. The van der Waals surface area contributed by atoms with Crippen molar-refractivity contribution < 1.29 is 66.2 Å². The monoisotopic (exact) mass is 940 g/mol. The van der Waals surface area contributed by atoms with E-state index in [4.69, 9.17) is 0 Å². The third-order valence-electron chi connectivity index (χ3n) is 8.73. The summed E-state index contributed by atoms with van der Waals surface area (Å²) in [6, 6.07) is 20.8. The van der Waals surface area contributed by atoms with Gasteiger partial charge in [-0.3, -0.25) is 23.0 Å². The third kappa shape index (κ3) is 9.54. The average Bonchev–Trinajstić information content (AvgIpc) is 3.18. The lowest BCUT2D eigenvalue weighted by atomic mass is 10.1. The normalized spacial score (nSPS) is 12.5. The van der Waals surface area contributed by atoms with Crippen LogP contribution in [0.4, 0.5) is 44.7 Å². The second-order valence-electron chi connectivity index (χ2n) is 12.9. The Hall–Kier alpha value is -7.11. The molecule has 0 atom stereocenters. The van der Waals surface area contributed by atoms with E-state index in [9.17, 15) is 66.2 Å². The number of fused-ring (bicyclic) bond motifs is 2. The molecule has 8 N–H and O–H groups in total. The Morgan fingerprint density at radius 1 is 0.603 bits per heavy atom. The Balaban J connectivity index is 1.31. The van der Waals surface area contributed by atoms with E-state index in [0.29, 0.717) is 17.5 Å². The Kier molecular flexibility index (Phi) is 11.4. The molecule has 0 aliphatic rings. The predicted octanol–water partition coefficient (Wildman–Crippen LogP) is 6.16. The molecule has 6 aromatic carbocycles. The number of carbonyl (C=O) groups excluding carboxylic acids is 1. The number of rotatable bonds is 12. The maximum Gasteiger partial charge on any atom is 0.315 e. The van der Waals surface area contributed by atoms with Crippen LogP contribution in [0.3, 0.4) is 0 Å². The summed E-state index contributed by atoms with van der Waals surface area (Å²) in [7, 11) is -20.5. The van der Waals surface area contributed by atoms with Crippen LogP contribution < -0.4 is 16.0 Å². The van der Waals surface area contributed by atoms with Gasteiger partial charge >= 0.3 is 6.08 Å². The summed E-state index contributed by atoms with van der Waals surface area (Å²) in [6.45, 7) is 0. The van der Waals surface area contributed by atoms with Crippen LogP contribution in [0.25, 0.3) is 21.5 Å². The van der Waals surface area contributed by atoms with Gasteiger partial charge in [0, 0.05) is 22.0 Å². The van der Waals surface area contributed by atoms with Crippen LogP contribution in [0.2, 0.25) is 0 Å². The molecule has 22 nitrogen and oxygen atoms in total. The van der Waals surface area contributed by atoms with Crippen molar-refractivity contribution in [3.8, 4) is 5.75 Å². The summed E-state index contributed by atoms with van der Waals surface area (Å²) in [5.41, 5.74) is -2.89. The van der Waals surface area contributed by atoms with Gasteiger partial charge in [0.15, 0.2) is 5.75 Å². The Labute approximate surface area is 354 Å². The summed E-state index contributed by atoms with van der Waals surface area (Å²) in [5, 5.41) is 25.7. The first-order valence-corrected chi connectivity index (χ1v) is 22.9. The van der Waals surface area contributed by atoms with Crippen LogP contribution in [-0.4, -0.2) is 77.8 Å². The SMILES string of the molecule is O=C(Nc1cc(S(=O)(=O)O)cc2cc(S(=O)(=O)O)c(/N=N/c3cc(Nc4nc(F)nc(Nc5ccc6ccccc6c5S(=O)(=O)O)n4)ccc3S(=O)(=O)O)c(O)c12)c1ccccc1. The van der Waals surface area contributed by atoms with Crippen LogP contribution in [0.1, 0.15) is 10.4 Å². The van der Waals surface area contributed by atoms with Crippen molar-refractivity contribution >= 4 is 108 Å². The summed E-state index contributed by atoms with van der Waals surface area (Å²) in [4.78, 5) is 20.4. The maximum atomic E-state index is 14.8. The van der Waals surface area contributed by atoms with Crippen LogP contribution in [-0.2, 0) is 40.5 Å². The summed E-state index contributed by atoms with van der Waals surface area (Å²) >= 11 is 0. The molecule has 0 spiro atoms. The van der Waals surface area contributed by atoms with Crippen LogP contribution >= 0.6 is 0 Å². The maximum absolute atomic E-state index is 14.8. The quantitative estimate of drug-likeness (QED) is 0.0502. The predicted molar refractivity (Wildman–Crippen MR) is 220 cm³/mol. The van der Waals surface area contributed by atoms with E-state index in [0.717, 1.165) is 24.3 Å². The van der Waals surface area contributed by atoms with Crippen molar-refractivity contribution in [1.29, 1.82) is 0 Å². The Morgan fingerprint density at radius 2 is 1.25 bits per heavy atom. The molecule has 0 fully saturated rings. The molecule has 7 rings (SSSR count). The van der Waals surface area contributed by atoms with Gasteiger partial charge in [0.05, 0.1) is 16.3 Å². The highest BCUT2D eigenvalue weighted by Gasteiger charge is 2.27. The molecule has 0 saturated carbocycles. The first-order valence-electron chi connectivity index (χ1n) is 17.1. The Morgan fingerprint density at radius 3 is 1.90 bits per heavy atom. The molecule has 0 aliphatic heterocycles. The lowest BCUT2D eigenvalue weighted by molar-refractivity contribution is 0.102. The second kappa shape index (κ2) is 16.3. The van der Waals surface area contributed by atoms with Crippen molar-refractivity contribution in [2.24, 2.45) is 10.2 Å². The van der Waals surface area contributed by atoms with Crippen molar-refractivity contribution in [2.75, 3.05) is 16.0 Å². The second-order valence-corrected chi connectivity index (χ2v) is 18.5. The number of aromatic nitrogens is 3. The van der Waals surface area contributed by atoms with Crippen molar-refractivity contribution in [2.45, 2.75) is 19.6 Å². The van der Waals surface area contributed by atoms with Gasteiger partial charge in [0.1, 0.15) is 26.1 Å². The Bertz CT molecular complexity index is 3550. The molecule has 1 amide bonds. The van der Waals surface area contributed by atoms with Gasteiger partial charge in [-0.05, 0) is 65.4 Å². The van der Waals surface area contributed by atoms with E-state index in [1.807, 2.05) is 0 Å². The number of hydrogen-bond acceptors (Lipinski definition) is 17. The standard InChI is InChI=1S/C36H25FN8O14S4/c37-34-41-35(43-36(42-34)40-24-12-10-18-6-4-5-9-23(18)32(24)63(57,58)59)38-21-11-13-27(61(51,52)53)25(16-21)44-45-30-28(62(54,55)56)15-20-14-22(60(48,49)50)17-26(29(20)31(30)46)39-33(47)19-7-2-1-3-8-19/h1-17,46H,(H,39,47)(H,48,49,50)(H,51,52,53)(H,54,55,56)(H,57,58,59)(H2,38,40,41,42,43)/b45-44+. The summed E-state index contributed by atoms with van der Waals surface area (Å²) < 4.78 is 154. The van der Waals surface area contributed by atoms with Gasteiger partial charge in [0.25, 0.3) is 46.4 Å². The molecule has 27 heteroatoms. The molecular formula is C36H25FN8O14S4. The van der Waals surface area contributed by atoms with Crippen molar-refractivity contribution in [3.05, 3.63) is 115 Å². The van der Waals surface area contributed by atoms with Crippen molar-refractivity contribution in [1.82, 2.24) is 15.0 Å². The fourth-order valence-electron chi connectivity index (χ4n) is 6.11. The topological polar surface area (TPSA) is 354 Å². The molecule has 0 aliphatic carbocycles. The number of phenols is 1. The molecule has 1 aromatic heterocycles. The minimum absolute atomic E-state index is 0.0340. The van der Waals surface area contributed by atoms with Gasteiger partial charge in [-0.15, -0.1) is 10.2 Å². The minimum atomic E-state index is -5.42. The molecule has 7 aromatic rings. The summed E-state index contributed by atoms with van der Waals surface area (Å²) in [6.07, 6.45) is -1.42. The molecule has 0 radical (unpaired) electrons. The number of benzene rings is 6. The molecule has 0 unspecified atom stereocenters. The lowest BCUT2D eigenvalue weighted by Crippen LogP contribution is -2.13. The van der Waals surface area contributed by atoms with Crippen LogP contribution in [0.15, 0.2) is 133 Å². The molecule has 1 heterocycles. The number of carbonyl (C=O) groups is 1. The number of aromatic hydroxyl groups is 1.